The summed E-state index contributed by atoms with van der Waals surface area (Å²) in [6.07, 6.45) is 1.61. The van der Waals surface area contributed by atoms with Crippen molar-refractivity contribution >= 4 is 39.1 Å². The Morgan fingerprint density at radius 3 is 2.30 bits per heavy atom. The first-order chi connectivity index (χ1) is 11.1. The van der Waals surface area contributed by atoms with Crippen LogP contribution in [0.5, 0.6) is 0 Å². The van der Waals surface area contributed by atoms with Gasteiger partial charge >= 0.3 is 0 Å². The van der Waals surface area contributed by atoms with Crippen molar-refractivity contribution in [3.05, 3.63) is 64.3 Å². The summed E-state index contributed by atoms with van der Waals surface area (Å²) >= 11 is 3.41. The lowest BCUT2D eigenvalue weighted by atomic mass is 10.1. The number of para-hydroxylation sites is 1. The predicted molar refractivity (Wildman–Crippen MR) is 96.5 cm³/mol. The molecule has 2 aromatic carbocycles. The molecule has 0 bridgehead atoms. The second-order valence-corrected chi connectivity index (χ2v) is 6.10. The van der Waals surface area contributed by atoms with Gasteiger partial charge < -0.3 is 10.6 Å². The Labute approximate surface area is 143 Å². The molecule has 1 aromatic heterocycles. The van der Waals surface area contributed by atoms with E-state index >= 15 is 0 Å². The number of benzene rings is 2. The molecule has 116 valence electrons. The molecule has 0 saturated heterocycles. The number of anilines is 4. The van der Waals surface area contributed by atoms with E-state index in [1.807, 2.05) is 30.3 Å². The Hall–Kier alpha value is -2.47. The van der Waals surface area contributed by atoms with Crippen molar-refractivity contribution in [2.45, 2.75) is 13.8 Å². The maximum absolute atomic E-state index is 4.46. The first-order valence-corrected chi connectivity index (χ1v) is 7.97. The zero-order chi connectivity index (χ0) is 16.2. The summed E-state index contributed by atoms with van der Waals surface area (Å²) in [6, 6.07) is 14.0. The zero-order valence-electron chi connectivity index (χ0n) is 12.8. The third kappa shape index (κ3) is 3.84. The van der Waals surface area contributed by atoms with Gasteiger partial charge in [-0.25, -0.2) is 0 Å². The van der Waals surface area contributed by atoms with Crippen LogP contribution in [-0.2, 0) is 0 Å². The zero-order valence-corrected chi connectivity index (χ0v) is 14.4. The monoisotopic (exact) mass is 369 g/mol. The Morgan fingerprint density at radius 2 is 1.61 bits per heavy atom. The number of nitrogens with zero attached hydrogens (tertiary/aromatic N) is 3. The fourth-order valence-corrected chi connectivity index (χ4v) is 2.48. The largest absolute Gasteiger partial charge is 0.338 e. The minimum absolute atomic E-state index is 0.448. The number of rotatable bonds is 4. The molecule has 5 nitrogen and oxygen atoms in total. The van der Waals surface area contributed by atoms with Crippen LogP contribution in [0, 0.1) is 13.8 Å². The van der Waals surface area contributed by atoms with E-state index in [0.29, 0.717) is 11.8 Å². The Balaban J connectivity index is 1.81. The van der Waals surface area contributed by atoms with Gasteiger partial charge in [-0.3, -0.25) is 0 Å². The average Bonchev–Trinajstić information content (AvgIpc) is 2.54. The van der Waals surface area contributed by atoms with Gasteiger partial charge in [0.05, 0.1) is 6.20 Å². The predicted octanol–water partition coefficient (Wildman–Crippen LogP) is 4.74. The number of nitrogens with one attached hydrogen (secondary N) is 2. The molecular weight excluding hydrogens is 354 g/mol. The van der Waals surface area contributed by atoms with Gasteiger partial charge in [-0.1, -0.05) is 34.1 Å². The van der Waals surface area contributed by atoms with Crippen LogP contribution < -0.4 is 10.6 Å². The lowest BCUT2D eigenvalue weighted by Crippen LogP contribution is -2.03. The molecule has 23 heavy (non-hydrogen) atoms. The van der Waals surface area contributed by atoms with E-state index in [0.717, 1.165) is 27.0 Å². The molecule has 0 saturated carbocycles. The highest BCUT2D eigenvalue weighted by Crippen LogP contribution is 2.23. The summed E-state index contributed by atoms with van der Waals surface area (Å²) in [4.78, 5) is 4.46. The maximum atomic E-state index is 4.46. The van der Waals surface area contributed by atoms with E-state index in [2.05, 4.69) is 67.7 Å². The van der Waals surface area contributed by atoms with Crippen molar-refractivity contribution in [2.75, 3.05) is 10.6 Å². The Morgan fingerprint density at radius 1 is 0.913 bits per heavy atom. The van der Waals surface area contributed by atoms with Crippen molar-refractivity contribution in [1.29, 1.82) is 0 Å². The van der Waals surface area contributed by atoms with Crippen molar-refractivity contribution in [3.8, 4) is 0 Å². The van der Waals surface area contributed by atoms with Crippen molar-refractivity contribution in [3.63, 3.8) is 0 Å². The molecule has 0 atom stereocenters. The van der Waals surface area contributed by atoms with E-state index in [1.165, 1.54) is 0 Å². The highest BCUT2D eigenvalue weighted by atomic mass is 79.9. The molecule has 6 heteroatoms. The first-order valence-electron chi connectivity index (χ1n) is 7.17. The van der Waals surface area contributed by atoms with Crippen LogP contribution in [0.2, 0.25) is 0 Å². The van der Waals surface area contributed by atoms with Crippen LogP contribution >= 0.6 is 15.9 Å². The summed E-state index contributed by atoms with van der Waals surface area (Å²) in [7, 11) is 0. The average molecular weight is 370 g/mol. The van der Waals surface area contributed by atoms with Gasteiger partial charge in [0.25, 0.3) is 0 Å². The van der Waals surface area contributed by atoms with Gasteiger partial charge in [-0.2, -0.15) is 10.1 Å². The van der Waals surface area contributed by atoms with E-state index in [-0.39, 0.29) is 0 Å². The topological polar surface area (TPSA) is 62.7 Å². The molecular formula is C17H16BrN5. The van der Waals surface area contributed by atoms with Gasteiger partial charge in [0.15, 0.2) is 5.82 Å². The number of halogens is 1. The van der Waals surface area contributed by atoms with Crippen LogP contribution in [-0.4, -0.2) is 15.2 Å². The smallest absolute Gasteiger partial charge is 0.249 e. The van der Waals surface area contributed by atoms with Gasteiger partial charge in [-0.05, 0) is 49.2 Å². The standard InChI is InChI=1S/C17H16BrN5/c1-11-4-3-5-12(2)16(11)21-15-10-19-23-17(22-15)20-14-8-6-13(18)7-9-14/h3-10H,1-2H3,(H2,20,21,22,23). The van der Waals surface area contributed by atoms with E-state index in [1.54, 1.807) is 6.20 Å². The van der Waals surface area contributed by atoms with Crippen LogP contribution in [0.15, 0.2) is 53.1 Å². The highest BCUT2D eigenvalue weighted by Gasteiger charge is 2.06. The molecule has 0 aliphatic carbocycles. The third-order valence-electron chi connectivity index (χ3n) is 3.39. The summed E-state index contributed by atoms with van der Waals surface area (Å²) in [5, 5.41) is 14.5. The fraction of sp³-hybridized carbons (Fsp3) is 0.118. The molecule has 0 radical (unpaired) electrons. The number of aryl methyl sites for hydroxylation is 2. The normalized spacial score (nSPS) is 10.4. The first kappa shape index (κ1) is 15.4. The van der Waals surface area contributed by atoms with Crippen LogP contribution in [0.4, 0.5) is 23.1 Å². The molecule has 0 aliphatic rings. The lowest BCUT2D eigenvalue weighted by molar-refractivity contribution is 0.982. The summed E-state index contributed by atoms with van der Waals surface area (Å²) in [6.45, 7) is 4.12. The molecule has 0 unspecified atom stereocenters. The van der Waals surface area contributed by atoms with Gasteiger partial charge in [-0.15, -0.1) is 5.10 Å². The van der Waals surface area contributed by atoms with Crippen LogP contribution in [0.3, 0.4) is 0 Å². The minimum Gasteiger partial charge on any atom is -0.338 e. The molecule has 0 amide bonds. The number of hydrogen-bond acceptors (Lipinski definition) is 5. The number of aromatic nitrogens is 3. The molecule has 0 spiro atoms. The van der Waals surface area contributed by atoms with Gasteiger partial charge in [0, 0.05) is 15.8 Å². The quantitative estimate of drug-likeness (QED) is 0.695. The Kier molecular flexibility index (Phi) is 4.52. The van der Waals surface area contributed by atoms with E-state index in [9.17, 15) is 0 Å². The van der Waals surface area contributed by atoms with Crippen LogP contribution in [0.1, 0.15) is 11.1 Å². The van der Waals surface area contributed by atoms with Gasteiger partial charge in [0.2, 0.25) is 5.95 Å². The molecule has 0 fully saturated rings. The van der Waals surface area contributed by atoms with Crippen molar-refractivity contribution in [1.82, 2.24) is 15.2 Å². The Bertz CT molecular complexity index is 797. The summed E-state index contributed by atoms with van der Waals surface area (Å²) in [5.74, 6) is 1.10. The van der Waals surface area contributed by atoms with E-state index < -0.39 is 0 Å². The second-order valence-electron chi connectivity index (χ2n) is 5.19. The lowest BCUT2D eigenvalue weighted by Gasteiger charge is -2.12. The third-order valence-corrected chi connectivity index (χ3v) is 3.92. The number of hydrogen-bond donors (Lipinski definition) is 2. The SMILES string of the molecule is Cc1cccc(C)c1Nc1cnnc(Nc2ccc(Br)cc2)n1. The van der Waals surface area contributed by atoms with E-state index in [4.69, 9.17) is 0 Å². The van der Waals surface area contributed by atoms with Crippen LogP contribution in [0.25, 0.3) is 0 Å². The van der Waals surface area contributed by atoms with Gasteiger partial charge in [0.1, 0.15) is 0 Å². The maximum Gasteiger partial charge on any atom is 0.249 e. The highest BCUT2D eigenvalue weighted by molar-refractivity contribution is 9.10. The molecule has 2 N–H and O–H groups in total. The molecule has 1 heterocycles. The summed E-state index contributed by atoms with van der Waals surface area (Å²) < 4.78 is 1.02. The fourth-order valence-electron chi connectivity index (χ4n) is 2.22. The van der Waals surface area contributed by atoms with Crippen molar-refractivity contribution < 1.29 is 0 Å². The molecule has 3 rings (SSSR count). The molecule has 0 aliphatic heterocycles. The minimum atomic E-state index is 0.448. The van der Waals surface area contributed by atoms with Crippen molar-refractivity contribution in [2.24, 2.45) is 0 Å². The second kappa shape index (κ2) is 6.75. The molecule has 3 aromatic rings. The summed E-state index contributed by atoms with van der Waals surface area (Å²) in [5.41, 5.74) is 4.26.